The van der Waals surface area contributed by atoms with Crippen LogP contribution < -0.4 is 10.3 Å². The fraction of sp³-hybridized carbons (Fsp3) is 0.478. The number of piperazine rings is 1. The topological polar surface area (TPSA) is 61.5 Å². The molecule has 1 fully saturated rings. The molecular weight excluding hydrogens is 396 g/mol. The van der Waals surface area contributed by atoms with Gasteiger partial charge >= 0.3 is 0 Å². The molecule has 1 atom stereocenters. The predicted octanol–water partition coefficient (Wildman–Crippen LogP) is 3.88. The van der Waals surface area contributed by atoms with E-state index >= 15 is 0 Å². The normalized spacial score (nSPS) is 16.8. The van der Waals surface area contributed by atoms with E-state index in [4.69, 9.17) is 9.72 Å². The van der Waals surface area contributed by atoms with Crippen molar-refractivity contribution in [2.75, 3.05) is 32.8 Å². The fourth-order valence-corrected chi connectivity index (χ4v) is 5.10. The van der Waals surface area contributed by atoms with Gasteiger partial charge in [-0.05, 0) is 51.0 Å². The van der Waals surface area contributed by atoms with Crippen LogP contribution >= 0.6 is 11.3 Å². The number of aromatic nitrogens is 2. The molecule has 6 nitrogen and oxygen atoms in total. The molecule has 3 aromatic rings. The lowest BCUT2D eigenvalue weighted by Gasteiger charge is -2.37. The van der Waals surface area contributed by atoms with E-state index in [1.807, 2.05) is 32.9 Å². The Bertz CT molecular complexity index is 1070. The van der Waals surface area contributed by atoms with Crippen LogP contribution in [0.1, 0.15) is 41.7 Å². The first-order valence-electron chi connectivity index (χ1n) is 10.6. The van der Waals surface area contributed by atoms with E-state index in [2.05, 4.69) is 33.8 Å². The number of benzene rings is 1. The van der Waals surface area contributed by atoms with Crippen LogP contribution in [0.3, 0.4) is 0 Å². The average molecular weight is 427 g/mol. The first-order valence-corrected chi connectivity index (χ1v) is 11.5. The summed E-state index contributed by atoms with van der Waals surface area (Å²) in [5.41, 5.74) is 2.34. The van der Waals surface area contributed by atoms with Gasteiger partial charge in [-0.25, -0.2) is 4.98 Å². The molecule has 1 aromatic carbocycles. The van der Waals surface area contributed by atoms with Crippen molar-refractivity contribution < 1.29 is 4.74 Å². The summed E-state index contributed by atoms with van der Waals surface area (Å²) < 4.78 is 5.53. The van der Waals surface area contributed by atoms with Crippen LogP contribution in [0, 0.1) is 13.8 Å². The van der Waals surface area contributed by atoms with Crippen LogP contribution in [0.4, 0.5) is 0 Å². The molecule has 1 aliphatic rings. The molecule has 0 saturated carbocycles. The van der Waals surface area contributed by atoms with E-state index in [1.54, 1.807) is 11.3 Å². The maximum Gasteiger partial charge on any atom is 0.259 e. The van der Waals surface area contributed by atoms with E-state index in [9.17, 15) is 4.79 Å². The summed E-state index contributed by atoms with van der Waals surface area (Å²) in [5.74, 6) is 1.70. The van der Waals surface area contributed by atoms with Gasteiger partial charge in [0.2, 0.25) is 0 Å². The Labute approximate surface area is 181 Å². The molecule has 4 rings (SSSR count). The zero-order valence-electron chi connectivity index (χ0n) is 18.2. The van der Waals surface area contributed by atoms with Crippen molar-refractivity contribution in [3.8, 4) is 5.75 Å². The number of aryl methyl sites for hydroxylation is 2. The lowest BCUT2D eigenvalue weighted by Crippen LogP contribution is -2.47. The quantitative estimate of drug-likeness (QED) is 0.648. The van der Waals surface area contributed by atoms with Gasteiger partial charge in [-0.2, -0.15) is 0 Å². The number of hydrogen-bond donors (Lipinski definition) is 1. The maximum absolute atomic E-state index is 12.6. The zero-order chi connectivity index (χ0) is 21.3. The lowest BCUT2D eigenvalue weighted by molar-refractivity contribution is 0.0948. The van der Waals surface area contributed by atoms with Gasteiger partial charge in [0, 0.05) is 37.6 Å². The summed E-state index contributed by atoms with van der Waals surface area (Å²) in [6.45, 7) is 13.8. The Morgan fingerprint density at radius 2 is 1.87 bits per heavy atom. The number of rotatable bonds is 6. The van der Waals surface area contributed by atoms with Crippen molar-refractivity contribution in [1.29, 1.82) is 0 Å². The smallest absolute Gasteiger partial charge is 0.259 e. The maximum atomic E-state index is 12.6. The molecule has 3 heterocycles. The molecule has 1 unspecified atom stereocenters. The van der Waals surface area contributed by atoms with Gasteiger partial charge in [0.05, 0.1) is 18.0 Å². The Hall–Kier alpha value is -2.22. The monoisotopic (exact) mass is 426 g/mol. The molecule has 1 saturated heterocycles. The van der Waals surface area contributed by atoms with Crippen molar-refractivity contribution in [2.24, 2.45) is 0 Å². The van der Waals surface area contributed by atoms with Gasteiger partial charge in [-0.3, -0.25) is 14.6 Å². The predicted molar refractivity (Wildman–Crippen MR) is 123 cm³/mol. The molecule has 0 amide bonds. The molecule has 0 bridgehead atoms. The van der Waals surface area contributed by atoms with Crippen LogP contribution in [0.2, 0.25) is 0 Å². The van der Waals surface area contributed by atoms with Crippen LogP contribution in [-0.4, -0.2) is 52.6 Å². The van der Waals surface area contributed by atoms with Crippen molar-refractivity contribution in [2.45, 2.75) is 40.3 Å². The largest absolute Gasteiger partial charge is 0.494 e. The number of aromatic amines is 1. The minimum atomic E-state index is -0.0159. The van der Waals surface area contributed by atoms with Crippen molar-refractivity contribution in [3.05, 3.63) is 56.4 Å². The summed E-state index contributed by atoms with van der Waals surface area (Å²) >= 11 is 1.61. The highest BCUT2D eigenvalue weighted by Crippen LogP contribution is 2.27. The second kappa shape index (κ2) is 8.88. The van der Waals surface area contributed by atoms with Crippen LogP contribution in [0.15, 0.2) is 29.1 Å². The van der Waals surface area contributed by atoms with Crippen molar-refractivity contribution in [3.63, 3.8) is 0 Å². The van der Waals surface area contributed by atoms with Crippen LogP contribution in [0.5, 0.6) is 5.75 Å². The lowest BCUT2D eigenvalue weighted by atomic mass is 10.1. The zero-order valence-corrected chi connectivity index (χ0v) is 19.0. The number of H-pyrrole nitrogens is 1. The number of fused-ring (bicyclic) bond motifs is 1. The van der Waals surface area contributed by atoms with E-state index in [0.29, 0.717) is 6.61 Å². The van der Waals surface area contributed by atoms with Crippen LogP contribution in [0.25, 0.3) is 10.2 Å². The summed E-state index contributed by atoms with van der Waals surface area (Å²) in [5, 5.41) is 0.744. The molecule has 0 spiro atoms. The Morgan fingerprint density at radius 1 is 1.17 bits per heavy atom. The average Bonchev–Trinajstić information content (AvgIpc) is 3.03. The first kappa shape index (κ1) is 21.0. The second-order valence-electron chi connectivity index (χ2n) is 7.98. The fourth-order valence-electron chi connectivity index (χ4n) is 4.07. The molecular formula is C23H30N4O2S. The van der Waals surface area contributed by atoms with Crippen LogP contribution in [-0.2, 0) is 6.54 Å². The molecule has 1 N–H and O–H groups in total. The summed E-state index contributed by atoms with van der Waals surface area (Å²) in [6, 6.07) is 8.48. The van der Waals surface area contributed by atoms with Gasteiger partial charge in [-0.15, -0.1) is 11.3 Å². The number of ether oxygens (including phenoxy) is 1. The van der Waals surface area contributed by atoms with E-state index < -0.39 is 0 Å². The standard InChI is InChI=1S/C23H30N4O2S/c1-5-29-19-8-6-18(7-9-19)14-26-10-12-27(13-11-26)16(3)21-24-22(28)20-15(2)17(4)30-23(20)25-21/h6-9,16H,5,10-14H2,1-4H3,(H,24,25,28). The molecule has 7 heteroatoms. The molecule has 1 aliphatic heterocycles. The summed E-state index contributed by atoms with van der Waals surface area (Å²) in [6.07, 6.45) is 0. The first-order chi connectivity index (χ1) is 14.5. The Kier molecular flexibility index (Phi) is 6.22. The van der Waals surface area contributed by atoms with Gasteiger partial charge < -0.3 is 9.72 Å². The van der Waals surface area contributed by atoms with Gasteiger partial charge in [-0.1, -0.05) is 12.1 Å². The minimum absolute atomic E-state index is 0.0159. The number of thiophene rings is 1. The Balaban J connectivity index is 1.39. The highest BCUT2D eigenvalue weighted by molar-refractivity contribution is 7.18. The van der Waals surface area contributed by atoms with Gasteiger partial charge in [0.1, 0.15) is 16.4 Å². The van der Waals surface area contributed by atoms with Crippen molar-refractivity contribution in [1.82, 2.24) is 19.8 Å². The molecule has 30 heavy (non-hydrogen) atoms. The summed E-state index contributed by atoms with van der Waals surface area (Å²) in [4.78, 5) is 27.4. The number of nitrogens with zero attached hydrogens (tertiary/aromatic N) is 3. The van der Waals surface area contributed by atoms with Gasteiger partial charge in [0.15, 0.2) is 0 Å². The molecule has 2 aromatic heterocycles. The Morgan fingerprint density at radius 3 is 2.53 bits per heavy atom. The third-order valence-corrected chi connectivity index (χ3v) is 7.15. The number of hydrogen-bond acceptors (Lipinski definition) is 6. The van der Waals surface area contributed by atoms with E-state index in [0.717, 1.165) is 65.0 Å². The van der Waals surface area contributed by atoms with Crippen molar-refractivity contribution >= 4 is 21.6 Å². The third-order valence-electron chi connectivity index (χ3n) is 6.05. The SMILES string of the molecule is CCOc1ccc(CN2CCN(C(C)c3nc4sc(C)c(C)c4c(=O)[nH]3)CC2)cc1. The van der Waals surface area contributed by atoms with Gasteiger partial charge in [0.25, 0.3) is 5.56 Å². The highest BCUT2D eigenvalue weighted by atomic mass is 32.1. The second-order valence-corrected chi connectivity index (χ2v) is 9.18. The third kappa shape index (κ3) is 4.29. The molecule has 0 aliphatic carbocycles. The highest BCUT2D eigenvalue weighted by Gasteiger charge is 2.24. The number of nitrogens with one attached hydrogen (secondary N) is 1. The van der Waals surface area contributed by atoms with E-state index in [1.165, 1.54) is 5.56 Å². The van der Waals surface area contributed by atoms with E-state index in [-0.39, 0.29) is 11.6 Å². The molecule has 0 radical (unpaired) electrons. The molecule has 160 valence electrons. The summed E-state index contributed by atoms with van der Waals surface area (Å²) in [7, 11) is 0. The minimum Gasteiger partial charge on any atom is -0.494 e.